The molecule has 2 aromatic carbocycles. The van der Waals surface area contributed by atoms with Gasteiger partial charge in [-0.3, -0.25) is 14.6 Å². The summed E-state index contributed by atoms with van der Waals surface area (Å²) in [6.45, 7) is 2.82. The fourth-order valence-electron chi connectivity index (χ4n) is 4.49. The number of hydrogen-bond donors (Lipinski definition) is 1. The maximum absolute atomic E-state index is 12.9. The van der Waals surface area contributed by atoms with Crippen LogP contribution in [0.15, 0.2) is 54.7 Å². The molecule has 1 N–H and O–H groups in total. The maximum atomic E-state index is 12.9. The first-order valence-electron chi connectivity index (χ1n) is 11.2. The summed E-state index contributed by atoms with van der Waals surface area (Å²) in [6.07, 6.45) is 2.80. The number of carbonyl (C=O) groups excluding carboxylic acids is 1. The number of likely N-dealkylation sites (tertiary alicyclic amines) is 1. The number of pyridine rings is 1. The molecule has 0 saturated carbocycles. The van der Waals surface area contributed by atoms with E-state index in [4.69, 9.17) is 14.6 Å². The van der Waals surface area contributed by atoms with Crippen molar-refractivity contribution in [2.75, 3.05) is 20.2 Å². The third-order valence-electron chi connectivity index (χ3n) is 6.07. The monoisotopic (exact) mass is 448 g/mol. The summed E-state index contributed by atoms with van der Waals surface area (Å²) in [5, 5.41) is 10.0. The van der Waals surface area contributed by atoms with Crippen LogP contribution in [0.2, 0.25) is 0 Å². The van der Waals surface area contributed by atoms with E-state index in [0.29, 0.717) is 18.8 Å². The second-order valence-electron chi connectivity index (χ2n) is 8.39. The van der Waals surface area contributed by atoms with Crippen LogP contribution in [-0.4, -0.2) is 53.2 Å². The Hall–Kier alpha value is -3.61. The van der Waals surface area contributed by atoms with Gasteiger partial charge in [0.25, 0.3) is 5.91 Å². The van der Waals surface area contributed by atoms with Crippen molar-refractivity contribution in [3.05, 3.63) is 54.7 Å². The van der Waals surface area contributed by atoms with Crippen LogP contribution in [0.4, 0.5) is 0 Å². The second-order valence-corrected chi connectivity index (χ2v) is 8.39. The Bertz CT molecular complexity index is 1160. The molecule has 2 heterocycles. The lowest BCUT2D eigenvalue weighted by molar-refractivity contribution is -0.143. The summed E-state index contributed by atoms with van der Waals surface area (Å²) in [4.78, 5) is 30.2. The predicted molar refractivity (Wildman–Crippen MR) is 125 cm³/mol. The minimum atomic E-state index is -0.824. The zero-order valence-corrected chi connectivity index (χ0v) is 18.9. The zero-order chi connectivity index (χ0) is 23.4. The molecule has 2 atom stereocenters. The summed E-state index contributed by atoms with van der Waals surface area (Å²) in [6, 6.07) is 15.4. The minimum Gasteiger partial charge on any atom is -0.496 e. The smallest absolute Gasteiger partial charge is 0.303 e. The first-order valence-corrected chi connectivity index (χ1v) is 11.2. The third kappa shape index (κ3) is 5.08. The van der Waals surface area contributed by atoms with Gasteiger partial charge in [0.15, 0.2) is 6.10 Å². The van der Waals surface area contributed by atoms with E-state index >= 15 is 0 Å². The number of ether oxygens (including phenoxy) is 2. The van der Waals surface area contributed by atoms with Crippen molar-refractivity contribution >= 4 is 22.8 Å². The van der Waals surface area contributed by atoms with E-state index in [1.807, 2.05) is 48.5 Å². The summed E-state index contributed by atoms with van der Waals surface area (Å²) in [7, 11) is 1.65. The lowest BCUT2D eigenvalue weighted by Crippen LogP contribution is -2.46. The van der Waals surface area contributed by atoms with E-state index in [1.165, 1.54) is 0 Å². The molecule has 7 nitrogen and oxygen atoms in total. The minimum absolute atomic E-state index is 0.00864. The van der Waals surface area contributed by atoms with Crippen molar-refractivity contribution in [1.82, 2.24) is 9.88 Å². The Balaban J connectivity index is 1.51. The van der Waals surface area contributed by atoms with E-state index in [2.05, 4.69) is 4.98 Å². The number of aliphatic carboxylic acids is 1. The van der Waals surface area contributed by atoms with Crippen molar-refractivity contribution in [1.29, 1.82) is 0 Å². The quantitative estimate of drug-likeness (QED) is 0.577. The Labute approximate surface area is 193 Å². The summed E-state index contributed by atoms with van der Waals surface area (Å²) >= 11 is 0. The van der Waals surface area contributed by atoms with Gasteiger partial charge in [-0.25, -0.2) is 0 Å². The van der Waals surface area contributed by atoms with Crippen LogP contribution >= 0.6 is 0 Å². The summed E-state index contributed by atoms with van der Waals surface area (Å²) in [5.74, 6) is 0.390. The van der Waals surface area contributed by atoms with E-state index in [9.17, 15) is 9.59 Å². The van der Waals surface area contributed by atoms with E-state index in [0.717, 1.165) is 40.6 Å². The highest BCUT2D eigenvalue weighted by Gasteiger charge is 2.29. The van der Waals surface area contributed by atoms with Gasteiger partial charge in [0.2, 0.25) is 0 Å². The number of hydrogen-bond acceptors (Lipinski definition) is 5. The van der Waals surface area contributed by atoms with Crippen LogP contribution in [0.3, 0.4) is 0 Å². The molecule has 4 rings (SSSR count). The number of aromatic nitrogens is 1. The van der Waals surface area contributed by atoms with Crippen LogP contribution in [-0.2, 0) is 9.59 Å². The molecule has 1 fully saturated rings. The number of piperidine rings is 1. The molecule has 3 aromatic rings. The number of nitrogens with zero attached hydrogens (tertiary/aromatic N) is 2. The van der Waals surface area contributed by atoms with Gasteiger partial charge in [0.05, 0.1) is 12.6 Å². The number of amides is 1. The molecule has 1 aromatic heterocycles. The standard InChI is InChI=1S/C26H28N2O5/c1-17(26(31)28-13-5-6-18(16-28)14-25(29)30)33-19-9-10-21-20(11-12-27-23(21)15-19)22-7-3-4-8-24(22)32-2/h3-4,7-12,15,17-18H,5-6,13-14,16H2,1-2H3,(H,29,30)/t17-,18-/m1/s1. The van der Waals surface area contributed by atoms with Gasteiger partial charge in [-0.15, -0.1) is 0 Å². The fraction of sp³-hybridized carbons (Fsp3) is 0.346. The number of fused-ring (bicyclic) bond motifs is 1. The van der Waals surface area contributed by atoms with Crippen LogP contribution < -0.4 is 9.47 Å². The molecule has 0 unspecified atom stereocenters. The number of carboxylic acids is 1. The Kier molecular flexibility index (Phi) is 6.77. The van der Waals surface area contributed by atoms with Crippen molar-refractivity contribution in [3.63, 3.8) is 0 Å². The van der Waals surface area contributed by atoms with Crippen LogP contribution in [0.1, 0.15) is 26.2 Å². The molecule has 1 aliphatic rings. The maximum Gasteiger partial charge on any atom is 0.303 e. The van der Waals surface area contributed by atoms with Crippen molar-refractivity contribution in [3.8, 4) is 22.6 Å². The molecule has 7 heteroatoms. The largest absolute Gasteiger partial charge is 0.496 e. The lowest BCUT2D eigenvalue weighted by atomic mass is 9.94. The second kappa shape index (κ2) is 9.90. The van der Waals surface area contributed by atoms with E-state index in [-0.39, 0.29) is 18.2 Å². The molecule has 172 valence electrons. The van der Waals surface area contributed by atoms with Crippen LogP contribution in [0.25, 0.3) is 22.0 Å². The number of carbonyl (C=O) groups is 2. The average Bonchev–Trinajstić information content (AvgIpc) is 2.82. The van der Waals surface area contributed by atoms with Crippen LogP contribution in [0, 0.1) is 5.92 Å². The summed E-state index contributed by atoms with van der Waals surface area (Å²) in [5.41, 5.74) is 2.74. The predicted octanol–water partition coefficient (Wildman–Crippen LogP) is 4.39. The van der Waals surface area contributed by atoms with Crippen molar-refractivity contribution < 1.29 is 24.2 Å². The zero-order valence-electron chi connectivity index (χ0n) is 18.9. The number of rotatable bonds is 7. The van der Waals surface area contributed by atoms with Crippen molar-refractivity contribution in [2.45, 2.75) is 32.3 Å². The molecule has 0 aliphatic carbocycles. The third-order valence-corrected chi connectivity index (χ3v) is 6.07. The summed E-state index contributed by atoms with van der Waals surface area (Å²) < 4.78 is 11.5. The molecule has 1 saturated heterocycles. The SMILES string of the molecule is COc1ccccc1-c1ccnc2cc(O[C@H](C)C(=O)N3CCC[C@H](CC(=O)O)C3)ccc12. The van der Waals surface area contributed by atoms with E-state index in [1.54, 1.807) is 25.1 Å². The molecule has 0 spiro atoms. The van der Waals surface area contributed by atoms with Gasteiger partial charge in [-0.2, -0.15) is 0 Å². The van der Waals surface area contributed by atoms with Gasteiger partial charge in [0.1, 0.15) is 11.5 Å². The van der Waals surface area contributed by atoms with E-state index < -0.39 is 12.1 Å². The van der Waals surface area contributed by atoms with Gasteiger partial charge < -0.3 is 19.5 Å². The topological polar surface area (TPSA) is 89.0 Å². The Morgan fingerprint density at radius 2 is 2.00 bits per heavy atom. The fourth-order valence-corrected chi connectivity index (χ4v) is 4.49. The molecular weight excluding hydrogens is 420 g/mol. The first kappa shape index (κ1) is 22.6. The molecule has 1 amide bonds. The highest BCUT2D eigenvalue weighted by atomic mass is 16.5. The van der Waals surface area contributed by atoms with Gasteiger partial charge >= 0.3 is 5.97 Å². The molecule has 0 bridgehead atoms. The number of methoxy groups -OCH3 is 1. The van der Waals surface area contributed by atoms with Gasteiger partial charge in [-0.1, -0.05) is 18.2 Å². The molecule has 1 aliphatic heterocycles. The first-order chi connectivity index (χ1) is 16.0. The lowest BCUT2D eigenvalue weighted by Gasteiger charge is -2.33. The Morgan fingerprint density at radius 3 is 2.79 bits per heavy atom. The highest BCUT2D eigenvalue weighted by molar-refractivity contribution is 5.96. The van der Waals surface area contributed by atoms with Gasteiger partial charge in [-0.05, 0) is 55.5 Å². The highest BCUT2D eigenvalue weighted by Crippen LogP contribution is 2.35. The number of carboxylic acid groups (broad SMARTS) is 1. The molecular formula is C26H28N2O5. The number of para-hydroxylation sites is 1. The normalized spacial score (nSPS) is 16.9. The average molecular weight is 449 g/mol. The Morgan fingerprint density at radius 1 is 1.18 bits per heavy atom. The number of benzene rings is 2. The van der Waals surface area contributed by atoms with Gasteiger partial charge in [0, 0.05) is 42.7 Å². The van der Waals surface area contributed by atoms with Crippen LogP contribution in [0.5, 0.6) is 11.5 Å². The van der Waals surface area contributed by atoms with Crippen molar-refractivity contribution in [2.24, 2.45) is 5.92 Å². The molecule has 33 heavy (non-hydrogen) atoms. The molecule has 0 radical (unpaired) electrons.